The average Bonchev–Trinajstić information content (AvgIpc) is 3.33. The van der Waals surface area contributed by atoms with E-state index in [4.69, 9.17) is 9.15 Å². The van der Waals surface area contributed by atoms with Crippen LogP contribution in [-0.4, -0.2) is 22.6 Å². The van der Waals surface area contributed by atoms with Crippen molar-refractivity contribution in [2.45, 2.75) is 33.1 Å². The molecule has 0 unspecified atom stereocenters. The molecule has 198 valence electrons. The molecule has 0 saturated heterocycles. The van der Waals surface area contributed by atoms with Gasteiger partial charge in [-0.15, -0.1) is 0 Å². The summed E-state index contributed by atoms with van der Waals surface area (Å²) in [7, 11) is 0. The molecule has 0 spiro atoms. The summed E-state index contributed by atoms with van der Waals surface area (Å²) in [5.74, 6) is 0.276. The van der Waals surface area contributed by atoms with Crippen LogP contribution >= 0.6 is 0 Å². The number of hydrogen-bond acceptors (Lipinski definition) is 6. The summed E-state index contributed by atoms with van der Waals surface area (Å²) in [5, 5.41) is 5.33. The highest BCUT2D eigenvalue weighted by atomic mass is 16.5. The van der Waals surface area contributed by atoms with E-state index in [0.29, 0.717) is 46.7 Å². The number of furan rings is 1. The lowest BCUT2D eigenvalue weighted by Crippen LogP contribution is -2.22. The Labute approximate surface area is 231 Å². The van der Waals surface area contributed by atoms with E-state index in [0.717, 1.165) is 34.2 Å². The molecule has 3 aromatic carbocycles. The van der Waals surface area contributed by atoms with Crippen LogP contribution in [0.1, 0.15) is 56.3 Å². The number of ether oxygens (including phenoxy) is 1. The topological polar surface area (TPSA) is 93.8 Å². The number of hydrogen-bond donors (Lipinski definition) is 1. The van der Waals surface area contributed by atoms with Crippen molar-refractivity contribution in [1.82, 2.24) is 10.4 Å². The van der Waals surface area contributed by atoms with Crippen molar-refractivity contribution in [3.8, 4) is 16.9 Å². The van der Waals surface area contributed by atoms with Crippen LogP contribution in [0, 0.1) is 13.8 Å². The van der Waals surface area contributed by atoms with Gasteiger partial charge in [0.25, 0.3) is 5.91 Å². The molecule has 0 aliphatic heterocycles. The monoisotopic (exact) mass is 529 g/mol. The first kappa shape index (κ1) is 25.2. The van der Waals surface area contributed by atoms with E-state index in [9.17, 15) is 9.59 Å². The summed E-state index contributed by atoms with van der Waals surface area (Å²) in [4.78, 5) is 30.6. The van der Waals surface area contributed by atoms with Gasteiger partial charge in [-0.1, -0.05) is 60.7 Å². The maximum atomic E-state index is 13.2. The van der Waals surface area contributed by atoms with Gasteiger partial charge in [-0.25, -0.2) is 15.2 Å². The van der Waals surface area contributed by atoms with Crippen molar-refractivity contribution < 1.29 is 18.7 Å². The third-order valence-electron chi connectivity index (χ3n) is 7.08. The Morgan fingerprint density at radius 3 is 2.45 bits per heavy atom. The van der Waals surface area contributed by atoms with Crippen LogP contribution in [0.15, 0.2) is 94.4 Å². The minimum absolute atomic E-state index is 0.132. The lowest BCUT2D eigenvalue weighted by Gasteiger charge is -2.13. The third kappa shape index (κ3) is 4.89. The van der Waals surface area contributed by atoms with Crippen LogP contribution in [0.5, 0.6) is 5.75 Å². The highest BCUT2D eigenvalue weighted by Crippen LogP contribution is 2.32. The first-order chi connectivity index (χ1) is 19.5. The Morgan fingerprint density at radius 1 is 0.875 bits per heavy atom. The van der Waals surface area contributed by atoms with Crippen molar-refractivity contribution in [3.05, 3.63) is 119 Å². The molecule has 0 radical (unpaired) electrons. The minimum Gasteiger partial charge on any atom is -0.453 e. The number of nitrogens with zero attached hydrogens (tertiary/aromatic N) is 2. The first-order valence-corrected chi connectivity index (χ1v) is 13.2. The van der Waals surface area contributed by atoms with E-state index in [-0.39, 0.29) is 11.7 Å². The molecular weight excluding hydrogens is 502 g/mol. The lowest BCUT2D eigenvalue weighted by atomic mass is 9.93. The molecule has 7 heteroatoms. The number of aryl methyl sites for hydroxylation is 2. The number of carbonyl (C=O) groups excluding carboxylic acids is 2. The molecule has 7 nitrogen and oxygen atoms in total. The van der Waals surface area contributed by atoms with Crippen LogP contribution in [0.4, 0.5) is 0 Å². The number of carbonyl (C=O) groups is 2. The number of nitrogens with one attached hydrogen (secondary N) is 1. The molecule has 40 heavy (non-hydrogen) atoms. The molecular formula is C33H27N3O4. The van der Waals surface area contributed by atoms with Gasteiger partial charge in [-0.3, -0.25) is 4.79 Å². The molecule has 2 heterocycles. The Kier molecular flexibility index (Phi) is 6.70. The summed E-state index contributed by atoms with van der Waals surface area (Å²) in [6.07, 6.45) is 2.12. The predicted molar refractivity (Wildman–Crippen MR) is 154 cm³/mol. The molecule has 0 bridgehead atoms. The van der Waals surface area contributed by atoms with E-state index in [1.165, 1.54) is 0 Å². The van der Waals surface area contributed by atoms with Gasteiger partial charge in [0, 0.05) is 34.2 Å². The number of benzene rings is 3. The predicted octanol–water partition coefficient (Wildman–Crippen LogP) is 6.80. The molecule has 1 amide bonds. The van der Waals surface area contributed by atoms with E-state index < -0.39 is 5.97 Å². The summed E-state index contributed by atoms with van der Waals surface area (Å²) >= 11 is 0. The lowest BCUT2D eigenvalue weighted by molar-refractivity contribution is 0.0700. The van der Waals surface area contributed by atoms with Gasteiger partial charge >= 0.3 is 5.97 Å². The number of para-hydroxylation sites is 1. The fraction of sp³-hybridized carbons (Fsp3) is 0.152. The number of hydrazone groups is 1. The second-order valence-corrected chi connectivity index (χ2v) is 9.82. The average molecular weight is 530 g/mol. The second-order valence-electron chi connectivity index (χ2n) is 9.82. The zero-order valence-electron chi connectivity index (χ0n) is 22.2. The number of esters is 1. The maximum absolute atomic E-state index is 13.2. The van der Waals surface area contributed by atoms with Crippen molar-refractivity contribution in [1.29, 1.82) is 0 Å². The summed E-state index contributed by atoms with van der Waals surface area (Å²) < 4.78 is 11.8. The van der Waals surface area contributed by atoms with E-state index in [1.807, 2.05) is 80.6 Å². The van der Waals surface area contributed by atoms with Crippen molar-refractivity contribution in [3.63, 3.8) is 0 Å². The van der Waals surface area contributed by atoms with Gasteiger partial charge in [0.05, 0.1) is 5.71 Å². The normalized spacial score (nSPS) is 13.7. The van der Waals surface area contributed by atoms with Gasteiger partial charge in [-0.05, 0) is 62.1 Å². The molecule has 0 atom stereocenters. The molecule has 6 rings (SSSR count). The van der Waals surface area contributed by atoms with E-state index in [2.05, 4.69) is 15.5 Å². The molecule has 0 fully saturated rings. The largest absolute Gasteiger partial charge is 0.453 e. The van der Waals surface area contributed by atoms with Gasteiger partial charge in [-0.2, -0.15) is 5.10 Å². The molecule has 1 aliphatic carbocycles. The van der Waals surface area contributed by atoms with Crippen LogP contribution in [0.2, 0.25) is 0 Å². The van der Waals surface area contributed by atoms with Crippen molar-refractivity contribution in [2.24, 2.45) is 5.10 Å². The van der Waals surface area contributed by atoms with Gasteiger partial charge < -0.3 is 9.15 Å². The van der Waals surface area contributed by atoms with Gasteiger partial charge in [0.1, 0.15) is 11.3 Å². The maximum Gasteiger partial charge on any atom is 0.380 e. The number of rotatable bonds is 5. The molecule has 0 saturated carbocycles. The van der Waals surface area contributed by atoms with Gasteiger partial charge in [0.15, 0.2) is 5.75 Å². The van der Waals surface area contributed by atoms with Crippen molar-refractivity contribution >= 4 is 28.5 Å². The first-order valence-electron chi connectivity index (χ1n) is 13.2. The molecule has 5 aromatic rings. The van der Waals surface area contributed by atoms with Crippen LogP contribution in [-0.2, 0) is 6.42 Å². The molecule has 2 aromatic heterocycles. The minimum atomic E-state index is -0.593. The Morgan fingerprint density at radius 2 is 1.65 bits per heavy atom. The number of amides is 1. The van der Waals surface area contributed by atoms with E-state index in [1.54, 1.807) is 18.2 Å². The highest BCUT2D eigenvalue weighted by Gasteiger charge is 2.29. The van der Waals surface area contributed by atoms with Gasteiger partial charge in [0.2, 0.25) is 5.76 Å². The Balaban J connectivity index is 1.21. The van der Waals surface area contributed by atoms with E-state index >= 15 is 0 Å². The zero-order valence-corrected chi connectivity index (χ0v) is 22.2. The molecule has 1 N–H and O–H groups in total. The Bertz CT molecular complexity index is 1770. The summed E-state index contributed by atoms with van der Waals surface area (Å²) in [6.45, 7) is 3.71. The standard InChI is InChI=1S/C33H27N3O4/c1-20-14-15-24-10-6-13-28(30(24)34-20)40-33(38)31-21(2)29-26(11-7-12-27(29)39-31)35-36-32(37)25-18-16-23(17-19-25)22-8-4-3-5-9-22/h3-6,8-10,13-19H,7,11-12H2,1-2H3,(H,36,37)/b35-26+. The van der Waals surface area contributed by atoms with Crippen molar-refractivity contribution in [2.75, 3.05) is 0 Å². The molecule has 1 aliphatic rings. The van der Waals surface area contributed by atoms with Crippen LogP contribution < -0.4 is 10.2 Å². The number of pyridine rings is 1. The smallest absolute Gasteiger partial charge is 0.380 e. The number of aromatic nitrogens is 1. The Hall–Kier alpha value is -5.04. The van der Waals surface area contributed by atoms with Crippen LogP contribution in [0.25, 0.3) is 22.0 Å². The zero-order chi connectivity index (χ0) is 27.6. The fourth-order valence-electron chi connectivity index (χ4n) is 5.05. The highest BCUT2D eigenvalue weighted by molar-refractivity contribution is 6.07. The summed E-state index contributed by atoms with van der Waals surface area (Å²) in [6, 6.07) is 26.7. The quantitative estimate of drug-likeness (QED) is 0.153. The summed E-state index contributed by atoms with van der Waals surface area (Å²) in [5.41, 5.74) is 8.83. The fourth-order valence-corrected chi connectivity index (χ4v) is 5.05. The van der Waals surface area contributed by atoms with Crippen LogP contribution in [0.3, 0.4) is 0 Å². The number of fused-ring (bicyclic) bond motifs is 2. The third-order valence-corrected chi connectivity index (χ3v) is 7.08. The second kappa shape index (κ2) is 10.6. The SMILES string of the molecule is Cc1ccc2cccc(OC(=O)c3oc4c(c3C)/C(=N/NC(=O)c3ccc(-c5ccccc5)cc3)CCC4)c2n1.